The fourth-order valence-corrected chi connectivity index (χ4v) is 0.749. The molecule has 0 bridgehead atoms. The highest BCUT2D eigenvalue weighted by Crippen LogP contribution is 2.08. The van der Waals surface area contributed by atoms with Gasteiger partial charge in [-0.05, 0) is 0 Å². The molecule has 0 aromatic rings. The van der Waals surface area contributed by atoms with Crippen LogP contribution in [0.5, 0.6) is 0 Å². The lowest BCUT2D eigenvalue weighted by Gasteiger charge is -2.15. The van der Waals surface area contributed by atoms with Crippen molar-refractivity contribution in [3.05, 3.63) is 0 Å². The average Bonchev–Trinajstić information content (AvgIpc) is 2.27. The summed E-state index contributed by atoms with van der Waals surface area (Å²) < 4.78 is 0. The van der Waals surface area contributed by atoms with Gasteiger partial charge in [0.15, 0.2) is 5.96 Å². The second-order valence-corrected chi connectivity index (χ2v) is 2.54. The molecule has 0 amide bonds. The summed E-state index contributed by atoms with van der Waals surface area (Å²) in [5.41, 5.74) is 9.98. The Morgan fingerprint density at radius 3 is 2.13 bits per heavy atom. The third kappa shape index (κ3) is 3.14. The van der Waals surface area contributed by atoms with Crippen LogP contribution in [0.1, 0.15) is 12.8 Å². The molecule has 1 saturated heterocycles. The van der Waals surface area contributed by atoms with E-state index >= 15 is 0 Å². The van der Waals surface area contributed by atoms with Crippen molar-refractivity contribution in [2.75, 3.05) is 0 Å². The third-order valence-corrected chi connectivity index (χ3v) is 1.31. The van der Waals surface area contributed by atoms with Gasteiger partial charge in [0.05, 0.1) is 12.8 Å². The highest BCUT2D eigenvalue weighted by atomic mass is 17.0. The molecule has 1 aliphatic rings. The third-order valence-electron chi connectivity index (χ3n) is 1.31. The van der Waals surface area contributed by atoms with E-state index in [2.05, 4.69) is 14.7 Å². The first-order valence-electron chi connectivity index (χ1n) is 3.89. The van der Waals surface area contributed by atoms with Crippen molar-refractivity contribution in [1.82, 2.24) is 5.23 Å². The van der Waals surface area contributed by atoms with Crippen LogP contribution >= 0.6 is 0 Å². The molecule has 0 radical (unpaired) electrons. The highest BCUT2D eigenvalue weighted by Gasteiger charge is 2.25. The standard InChI is InChI=1S/C6H9N5O4/c7-5(8)10-6(9)11-14-3(12)1-2-4(13)15-11/h1-2H2,(H5,7,8,9,10). The maximum Gasteiger partial charge on any atom is 0.337 e. The van der Waals surface area contributed by atoms with Crippen LogP contribution in [-0.2, 0) is 19.3 Å². The van der Waals surface area contributed by atoms with Gasteiger partial charge in [-0.25, -0.2) is 9.59 Å². The summed E-state index contributed by atoms with van der Waals surface area (Å²) in [4.78, 5) is 34.0. The monoisotopic (exact) mass is 215 g/mol. The summed E-state index contributed by atoms with van der Waals surface area (Å²) in [5.74, 6) is -2.54. The molecule has 1 fully saturated rings. The van der Waals surface area contributed by atoms with Crippen LogP contribution in [0.3, 0.4) is 0 Å². The van der Waals surface area contributed by atoms with E-state index in [1.54, 1.807) is 0 Å². The minimum atomic E-state index is -0.712. The van der Waals surface area contributed by atoms with Crippen LogP contribution in [-0.4, -0.2) is 29.1 Å². The molecule has 0 spiro atoms. The van der Waals surface area contributed by atoms with Crippen molar-refractivity contribution < 1.29 is 19.3 Å². The Morgan fingerprint density at radius 1 is 1.27 bits per heavy atom. The summed E-state index contributed by atoms with van der Waals surface area (Å²) in [6, 6.07) is 0. The molecule has 1 rings (SSSR count). The van der Waals surface area contributed by atoms with Gasteiger partial charge in [-0.1, -0.05) is 0 Å². The molecule has 5 N–H and O–H groups in total. The SMILES string of the molecule is N=C(N=C(N)N)N1OC(=O)CCC(=O)O1. The van der Waals surface area contributed by atoms with Crippen molar-refractivity contribution in [3.63, 3.8) is 0 Å². The lowest BCUT2D eigenvalue weighted by molar-refractivity contribution is -0.276. The number of carbonyl (C=O) groups excluding carboxylic acids is 2. The second kappa shape index (κ2) is 4.26. The van der Waals surface area contributed by atoms with Crippen LogP contribution < -0.4 is 11.5 Å². The number of hydroxylamine groups is 2. The molecule has 1 heterocycles. The Balaban J connectivity index is 2.74. The van der Waals surface area contributed by atoms with E-state index in [1.807, 2.05) is 0 Å². The number of guanidine groups is 2. The van der Waals surface area contributed by atoms with E-state index in [4.69, 9.17) is 16.9 Å². The van der Waals surface area contributed by atoms with E-state index in [9.17, 15) is 9.59 Å². The second-order valence-electron chi connectivity index (χ2n) is 2.54. The summed E-state index contributed by atoms with van der Waals surface area (Å²) >= 11 is 0. The van der Waals surface area contributed by atoms with Crippen molar-refractivity contribution in [2.45, 2.75) is 12.8 Å². The number of aliphatic imine (C=N–C) groups is 1. The van der Waals surface area contributed by atoms with E-state index < -0.39 is 23.9 Å². The Bertz CT molecular complexity index is 316. The van der Waals surface area contributed by atoms with Gasteiger partial charge in [-0.15, -0.1) is 0 Å². The fraction of sp³-hybridized carbons (Fsp3) is 0.333. The van der Waals surface area contributed by atoms with Gasteiger partial charge in [0.25, 0.3) is 5.96 Å². The van der Waals surface area contributed by atoms with Crippen LogP contribution in [0.25, 0.3) is 0 Å². The van der Waals surface area contributed by atoms with Gasteiger partial charge in [0, 0.05) is 5.23 Å². The zero-order valence-electron chi connectivity index (χ0n) is 7.60. The first kappa shape index (κ1) is 10.8. The smallest absolute Gasteiger partial charge is 0.337 e. The van der Waals surface area contributed by atoms with Gasteiger partial charge in [0.1, 0.15) is 0 Å². The summed E-state index contributed by atoms with van der Waals surface area (Å²) in [6.07, 6.45) is -0.241. The number of nitrogens with two attached hydrogens (primary N) is 2. The highest BCUT2D eigenvalue weighted by molar-refractivity contribution is 5.92. The average molecular weight is 215 g/mol. The lowest BCUT2D eigenvalue weighted by Crippen LogP contribution is -2.34. The number of hydrogen-bond acceptors (Lipinski definition) is 5. The minimum Gasteiger partial charge on any atom is -0.370 e. The number of carbonyl (C=O) groups is 2. The summed E-state index contributed by atoms with van der Waals surface area (Å²) in [7, 11) is 0. The maximum atomic E-state index is 10.9. The van der Waals surface area contributed by atoms with E-state index in [0.29, 0.717) is 0 Å². The molecule has 0 saturated carbocycles. The van der Waals surface area contributed by atoms with Gasteiger partial charge in [-0.2, -0.15) is 4.99 Å². The molecule has 0 unspecified atom stereocenters. The number of rotatable bonds is 0. The van der Waals surface area contributed by atoms with Crippen LogP contribution in [0.2, 0.25) is 0 Å². The van der Waals surface area contributed by atoms with E-state index in [-0.39, 0.29) is 18.1 Å². The van der Waals surface area contributed by atoms with Crippen molar-refractivity contribution in [2.24, 2.45) is 16.5 Å². The minimum absolute atomic E-state index is 0.121. The predicted molar refractivity (Wildman–Crippen MR) is 46.8 cm³/mol. The van der Waals surface area contributed by atoms with Crippen molar-refractivity contribution in [1.29, 1.82) is 5.41 Å². The summed E-state index contributed by atoms with van der Waals surface area (Å²) in [6.45, 7) is 0. The topological polar surface area (TPSA) is 144 Å². The first-order valence-corrected chi connectivity index (χ1v) is 3.89. The van der Waals surface area contributed by atoms with Crippen LogP contribution in [0.4, 0.5) is 0 Å². The zero-order valence-corrected chi connectivity index (χ0v) is 7.60. The van der Waals surface area contributed by atoms with Gasteiger partial charge >= 0.3 is 11.9 Å². The number of hydrogen-bond donors (Lipinski definition) is 3. The molecule has 9 nitrogen and oxygen atoms in total. The number of nitrogens with zero attached hydrogens (tertiary/aromatic N) is 2. The van der Waals surface area contributed by atoms with Gasteiger partial charge in [0.2, 0.25) is 0 Å². The van der Waals surface area contributed by atoms with Crippen LogP contribution in [0.15, 0.2) is 4.99 Å². The molecule has 0 aromatic carbocycles. The lowest BCUT2D eigenvalue weighted by atomic mass is 10.3. The molecule has 0 aliphatic carbocycles. The van der Waals surface area contributed by atoms with Gasteiger partial charge in [-0.3, -0.25) is 5.41 Å². The van der Waals surface area contributed by atoms with Crippen molar-refractivity contribution >= 4 is 23.9 Å². The Morgan fingerprint density at radius 2 is 1.73 bits per heavy atom. The largest absolute Gasteiger partial charge is 0.370 e. The van der Waals surface area contributed by atoms with Crippen molar-refractivity contribution in [3.8, 4) is 0 Å². The molecule has 1 aliphatic heterocycles. The fourth-order valence-electron chi connectivity index (χ4n) is 0.749. The van der Waals surface area contributed by atoms with Crippen LogP contribution in [0, 0.1) is 5.41 Å². The molecule has 9 heteroatoms. The zero-order chi connectivity index (χ0) is 11.4. The molecular formula is C6H9N5O4. The Kier molecular flexibility index (Phi) is 3.06. The molecule has 0 aromatic heterocycles. The van der Waals surface area contributed by atoms with E-state index in [0.717, 1.165) is 0 Å². The number of nitrogens with one attached hydrogen (secondary N) is 1. The molecular weight excluding hydrogens is 206 g/mol. The summed E-state index contributed by atoms with van der Waals surface area (Å²) in [5, 5.41) is 7.48. The first-order chi connectivity index (χ1) is 6.99. The Hall–Kier alpha value is -2.32. The molecule has 0 atom stereocenters. The maximum absolute atomic E-state index is 10.9. The quantitative estimate of drug-likeness (QED) is 0.319. The Labute approximate surface area is 84.0 Å². The molecule has 82 valence electrons. The van der Waals surface area contributed by atoms with Gasteiger partial charge < -0.3 is 21.1 Å². The molecule has 15 heavy (non-hydrogen) atoms. The van der Waals surface area contributed by atoms with E-state index in [1.165, 1.54) is 0 Å². The predicted octanol–water partition coefficient (Wildman–Crippen LogP) is -1.79. The normalized spacial score (nSPS) is 16.1.